The normalized spacial score (nSPS) is 13.2. The lowest BCUT2D eigenvalue weighted by molar-refractivity contribution is 0.911. The summed E-state index contributed by atoms with van der Waals surface area (Å²) in [5.41, 5.74) is 4.29. The summed E-state index contributed by atoms with van der Waals surface area (Å²) in [6, 6.07) is 15.2. The van der Waals surface area contributed by atoms with Crippen molar-refractivity contribution in [3.8, 4) is 0 Å². The van der Waals surface area contributed by atoms with Gasteiger partial charge in [0.25, 0.3) is 0 Å². The molecule has 0 fully saturated rings. The maximum atomic E-state index is 3.56. The molecule has 0 unspecified atom stereocenters. The molecule has 0 bridgehead atoms. The fourth-order valence-corrected chi connectivity index (χ4v) is 3.85. The standard InChI is InChI=1S/C17H18BrNS/c18-16-6-1-2-7-17(16)19-10-11-20-15-9-8-13-4-3-5-14(13)12-15/h1-2,6-9,12,19H,3-5,10-11H2. The number of anilines is 1. The van der Waals surface area contributed by atoms with Gasteiger partial charge in [-0.3, -0.25) is 0 Å². The second-order valence-corrected chi connectivity index (χ2v) is 7.06. The van der Waals surface area contributed by atoms with Crippen molar-refractivity contribution in [2.75, 3.05) is 17.6 Å². The number of para-hydroxylation sites is 1. The molecule has 0 aliphatic heterocycles. The molecule has 3 rings (SSSR count). The van der Waals surface area contributed by atoms with Gasteiger partial charge in [-0.2, -0.15) is 0 Å². The highest BCUT2D eigenvalue weighted by Gasteiger charge is 2.10. The van der Waals surface area contributed by atoms with Crippen LogP contribution in [-0.4, -0.2) is 12.3 Å². The van der Waals surface area contributed by atoms with Gasteiger partial charge < -0.3 is 5.32 Å². The van der Waals surface area contributed by atoms with E-state index in [1.54, 1.807) is 11.1 Å². The van der Waals surface area contributed by atoms with Crippen molar-refractivity contribution in [3.05, 3.63) is 58.1 Å². The smallest absolute Gasteiger partial charge is 0.0484 e. The molecule has 20 heavy (non-hydrogen) atoms. The third-order valence-electron chi connectivity index (χ3n) is 3.63. The fourth-order valence-electron chi connectivity index (χ4n) is 2.60. The van der Waals surface area contributed by atoms with E-state index in [0.717, 1.165) is 16.8 Å². The van der Waals surface area contributed by atoms with Crippen molar-refractivity contribution in [1.29, 1.82) is 0 Å². The van der Waals surface area contributed by atoms with E-state index < -0.39 is 0 Å². The van der Waals surface area contributed by atoms with Gasteiger partial charge in [-0.15, -0.1) is 11.8 Å². The highest BCUT2D eigenvalue weighted by atomic mass is 79.9. The molecule has 2 aromatic rings. The van der Waals surface area contributed by atoms with E-state index in [9.17, 15) is 0 Å². The van der Waals surface area contributed by atoms with E-state index in [4.69, 9.17) is 0 Å². The van der Waals surface area contributed by atoms with Crippen LogP contribution in [-0.2, 0) is 12.8 Å². The molecule has 1 N–H and O–H groups in total. The van der Waals surface area contributed by atoms with Crippen LogP contribution >= 0.6 is 27.7 Å². The van der Waals surface area contributed by atoms with Crippen LogP contribution in [0.15, 0.2) is 51.8 Å². The van der Waals surface area contributed by atoms with Crippen LogP contribution in [0.3, 0.4) is 0 Å². The Morgan fingerprint density at radius 3 is 2.80 bits per heavy atom. The molecule has 0 saturated carbocycles. The van der Waals surface area contributed by atoms with Gasteiger partial charge in [0.15, 0.2) is 0 Å². The zero-order valence-corrected chi connectivity index (χ0v) is 13.8. The highest BCUT2D eigenvalue weighted by molar-refractivity contribution is 9.10. The van der Waals surface area contributed by atoms with Gasteiger partial charge in [0, 0.05) is 27.4 Å². The van der Waals surface area contributed by atoms with Gasteiger partial charge in [-0.05, 0) is 70.6 Å². The molecule has 3 heteroatoms. The highest BCUT2D eigenvalue weighted by Crippen LogP contribution is 2.27. The van der Waals surface area contributed by atoms with Crippen molar-refractivity contribution in [1.82, 2.24) is 0 Å². The van der Waals surface area contributed by atoms with Crippen LogP contribution in [0.2, 0.25) is 0 Å². The number of fused-ring (bicyclic) bond motifs is 1. The number of aryl methyl sites for hydroxylation is 2. The molecular formula is C17H18BrNS. The number of hydrogen-bond acceptors (Lipinski definition) is 2. The first kappa shape index (κ1) is 14.0. The fraction of sp³-hybridized carbons (Fsp3) is 0.294. The number of benzene rings is 2. The van der Waals surface area contributed by atoms with E-state index in [2.05, 4.69) is 57.6 Å². The lowest BCUT2D eigenvalue weighted by atomic mass is 10.1. The Morgan fingerprint density at radius 1 is 1.05 bits per heavy atom. The van der Waals surface area contributed by atoms with Gasteiger partial charge in [-0.25, -0.2) is 0 Å². The summed E-state index contributed by atoms with van der Waals surface area (Å²) >= 11 is 5.49. The number of thioether (sulfide) groups is 1. The molecule has 0 aromatic heterocycles. The van der Waals surface area contributed by atoms with Crippen molar-refractivity contribution in [2.24, 2.45) is 0 Å². The van der Waals surface area contributed by atoms with E-state index in [0.29, 0.717) is 0 Å². The zero-order chi connectivity index (χ0) is 13.8. The average Bonchev–Trinajstić information content (AvgIpc) is 2.93. The van der Waals surface area contributed by atoms with E-state index in [1.807, 2.05) is 17.8 Å². The van der Waals surface area contributed by atoms with Gasteiger partial charge in [0.2, 0.25) is 0 Å². The third kappa shape index (κ3) is 3.39. The van der Waals surface area contributed by atoms with Gasteiger partial charge >= 0.3 is 0 Å². The lowest BCUT2D eigenvalue weighted by Gasteiger charge is -2.09. The van der Waals surface area contributed by atoms with Crippen LogP contribution in [0.4, 0.5) is 5.69 Å². The molecule has 0 heterocycles. The molecule has 0 saturated heterocycles. The Bertz CT molecular complexity index is 597. The SMILES string of the molecule is Brc1ccccc1NCCSc1ccc2c(c1)CCC2. The Hall–Kier alpha value is -0.930. The molecule has 0 spiro atoms. The summed E-state index contributed by atoms with van der Waals surface area (Å²) in [5.74, 6) is 1.08. The molecule has 104 valence electrons. The Balaban J connectivity index is 1.49. The molecular weight excluding hydrogens is 330 g/mol. The summed E-state index contributed by atoms with van der Waals surface area (Å²) in [6.07, 6.45) is 3.86. The molecule has 0 radical (unpaired) electrons. The molecule has 0 amide bonds. The van der Waals surface area contributed by atoms with Crippen LogP contribution in [0.1, 0.15) is 17.5 Å². The lowest BCUT2D eigenvalue weighted by Crippen LogP contribution is -2.04. The van der Waals surface area contributed by atoms with Gasteiger partial charge in [0.05, 0.1) is 0 Å². The Morgan fingerprint density at radius 2 is 1.90 bits per heavy atom. The second kappa shape index (κ2) is 6.68. The first-order valence-corrected chi connectivity index (χ1v) is 8.84. The maximum Gasteiger partial charge on any atom is 0.0484 e. The van der Waals surface area contributed by atoms with E-state index in [1.165, 1.54) is 29.8 Å². The zero-order valence-electron chi connectivity index (χ0n) is 11.4. The van der Waals surface area contributed by atoms with Crippen LogP contribution in [0.5, 0.6) is 0 Å². The summed E-state index contributed by atoms with van der Waals surface area (Å²) in [5, 5.41) is 3.47. The van der Waals surface area contributed by atoms with Crippen molar-refractivity contribution >= 4 is 33.4 Å². The van der Waals surface area contributed by atoms with E-state index >= 15 is 0 Å². The van der Waals surface area contributed by atoms with Gasteiger partial charge in [-0.1, -0.05) is 18.2 Å². The Kier molecular flexibility index (Phi) is 4.69. The average molecular weight is 348 g/mol. The first-order chi connectivity index (χ1) is 9.83. The van der Waals surface area contributed by atoms with Crippen molar-refractivity contribution in [2.45, 2.75) is 24.2 Å². The molecule has 1 nitrogen and oxygen atoms in total. The maximum absolute atomic E-state index is 3.56. The largest absolute Gasteiger partial charge is 0.383 e. The number of rotatable bonds is 5. The predicted molar refractivity (Wildman–Crippen MR) is 91.8 cm³/mol. The summed E-state index contributed by atoms with van der Waals surface area (Å²) in [4.78, 5) is 1.40. The molecule has 2 aromatic carbocycles. The number of hydrogen-bond donors (Lipinski definition) is 1. The van der Waals surface area contributed by atoms with E-state index in [-0.39, 0.29) is 0 Å². The summed E-state index contributed by atoms with van der Waals surface area (Å²) in [7, 11) is 0. The predicted octanol–water partition coefficient (Wildman–Crippen LogP) is 5.14. The van der Waals surface area contributed by atoms with Crippen LogP contribution < -0.4 is 5.32 Å². The quantitative estimate of drug-likeness (QED) is 0.593. The number of halogens is 1. The van der Waals surface area contributed by atoms with Gasteiger partial charge in [0.1, 0.15) is 0 Å². The van der Waals surface area contributed by atoms with Crippen LogP contribution in [0, 0.1) is 0 Å². The molecule has 0 atom stereocenters. The second-order valence-electron chi connectivity index (χ2n) is 5.04. The minimum Gasteiger partial charge on any atom is -0.383 e. The monoisotopic (exact) mass is 347 g/mol. The topological polar surface area (TPSA) is 12.0 Å². The summed E-state index contributed by atoms with van der Waals surface area (Å²) in [6.45, 7) is 0.977. The minimum absolute atomic E-state index is 0.977. The third-order valence-corrected chi connectivity index (χ3v) is 5.32. The van der Waals surface area contributed by atoms with Crippen LogP contribution in [0.25, 0.3) is 0 Å². The number of nitrogens with one attached hydrogen (secondary N) is 1. The summed E-state index contributed by atoms with van der Waals surface area (Å²) < 4.78 is 1.13. The minimum atomic E-state index is 0.977. The van der Waals surface area contributed by atoms with Crippen molar-refractivity contribution in [3.63, 3.8) is 0 Å². The first-order valence-electron chi connectivity index (χ1n) is 7.06. The Labute approximate surface area is 133 Å². The molecule has 1 aliphatic carbocycles. The molecule has 1 aliphatic rings. The van der Waals surface area contributed by atoms with Crippen molar-refractivity contribution < 1.29 is 0 Å².